The number of rotatable bonds is 20. The predicted molar refractivity (Wildman–Crippen MR) is 209 cm³/mol. The van der Waals surface area contributed by atoms with Gasteiger partial charge in [-0.15, -0.1) is 0 Å². The van der Waals surface area contributed by atoms with Crippen LogP contribution in [0.4, 0.5) is 0 Å². The predicted octanol–water partition coefficient (Wildman–Crippen LogP) is 1.47. The largest absolute Gasteiger partial charge is 0.394 e. The minimum Gasteiger partial charge on any atom is -0.394 e. The highest BCUT2D eigenvalue weighted by Crippen LogP contribution is 2.31. The lowest BCUT2D eigenvalue weighted by Gasteiger charge is -2.38. The second kappa shape index (κ2) is 23.1. The van der Waals surface area contributed by atoms with Gasteiger partial charge in [-0.2, -0.15) is 0 Å². The van der Waals surface area contributed by atoms with Crippen molar-refractivity contribution >= 4 is 35.4 Å². The number of carbonyl (C=O) groups excluding carboxylic acids is 6. The zero-order chi connectivity index (χ0) is 40.7. The number of hydrogen-bond donors (Lipinski definition) is 7. The van der Waals surface area contributed by atoms with Crippen molar-refractivity contribution in [1.82, 2.24) is 31.1 Å². The van der Waals surface area contributed by atoms with E-state index in [9.17, 15) is 39.0 Å². The average molecular weight is 778 g/mol. The second-order valence-corrected chi connectivity index (χ2v) is 16.7. The Hall–Kier alpha value is -3.30. The summed E-state index contributed by atoms with van der Waals surface area (Å²) in [5, 5.41) is 31.2. The van der Waals surface area contributed by atoms with Gasteiger partial charge >= 0.3 is 0 Å². The van der Waals surface area contributed by atoms with Gasteiger partial charge in [0.2, 0.25) is 35.4 Å². The molecule has 314 valence electrons. The van der Waals surface area contributed by atoms with E-state index in [1.165, 1.54) is 31.1 Å². The van der Waals surface area contributed by atoms with Crippen LogP contribution in [-0.2, 0) is 28.8 Å². The number of nitrogens with two attached hydrogens (primary N) is 1. The Kier molecular flexibility index (Phi) is 19.3. The number of amides is 6. The van der Waals surface area contributed by atoms with Crippen molar-refractivity contribution in [2.24, 2.45) is 23.5 Å². The van der Waals surface area contributed by atoms with Gasteiger partial charge in [0.05, 0.1) is 18.8 Å². The Morgan fingerprint density at radius 3 is 1.95 bits per heavy atom. The summed E-state index contributed by atoms with van der Waals surface area (Å²) in [7, 11) is 0. The van der Waals surface area contributed by atoms with E-state index in [-0.39, 0.29) is 36.8 Å². The molecule has 1 aliphatic carbocycles. The quantitative estimate of drug-likeness (QED) is 0.0889. The van der Waals surface area contributed by atoms with Crippen LogP contribution in [0, 0.1) is 17.8 Å². The molecule has 0 radical (unpaired) electrons. The fourth-order valence-electron chi connectivity index (χ4n) is 8.45. The summed E-state index contributed by atoms with van der Waals surface area (Å²) < 4.78 is 0. The minimum absolute atomic E-state index is 0.161. The highest BCUT2D eigenvalue weighted by molar-refractivity contribution is 5.96. The van der Waals surface area contributed by atoms with Gasteiger partial charge in [-0.05, 0) is 95.9 Å². The smallest absolute Gasteiger partial charge is 0.245 e. The van der Waals surface area contributed by atoms with Crippen LogP contribution in [0.5, 0.6) is 0 Å². The van der Waals surface area contributed by atoms with Gasteiger partial charge in [0.1, 0.15) is 30.2 Å². The molecule has 2 heterocycles. The number of unbranched alkanes of at least 4 members (excludes halogenated alkanes) is 1. The van der Waals surface area contributed by atoms with Gasteiger partial charge < -0.3 is 47.0 Å². The van der Waals surface area contributed by atoms with Crippen LogP contribution >= 0.6 is 0 Å². The van der Waals surface area contributed by atoms with Crippen molar-refractivity contribution < 1.29 is 39.0 Å². The number of hydrogen-bond acceptors (Lipinski definition) is 9. The zero-order valence-electron chi connectivity index (χ0n) is 34.0. The molecule has 15 heteroatoms. The molecular weight excluding hydrogens is 706 g/mol. The van der Waals surface area contributed by atoms with E-state index >= 15 is 0 Å². The molecule has 0 aromatic carbocycles. The molecule has 3 rings (SSSR count). The highest BCUT2D eigenvalue weighted by atomic mass is 16.3. The molecule has 0 bridgehead atoms. The SMILES string of the molecule is CC(C)C[C@@H](CO)NC(=O)[C@@H](NC(=O)[C@@H]1CCCN1C(=O)[C@H](C)NC(=O)[C@@H]1CCCCN1C(=O)[C@H](CCCCN)NC(=O)C[C@H](C)C1CCCCC1)C(C)O. The molecule has 6 amide bonds. The van der Waals surface area contributed by atoms with Gasteiger partial charge in [-0.25, -0.2) is 0 Å². The van der Waals surface area contributed by atoms with Crippen molar-refractivity contribution in [3.63, 3.8) is 0 Å². The summed E-state index contributed by atoms with van der Waals surface area (Å²) in [6, 6.07) is -5.40. The first-order valence-electron chi connectivity index (χ1n) is 21.0. The van der Waals surface area contributed by atoms with E-state index in [4.69, 9.17) is 5.73 Å². The normalized spacial score (nSPS) is 22.6. The number of carbonyl (C=O) groups is 6. The number of aliphatic hydroxyl groups excluding tert-OH is 2. The third kappa shape index (κ3) is 14.0. The fraction of sp³-hybridized carbons (Fsp3) is 0.850. The van der Waals surface area contributed by atoms with Crippen LogP contribution in [0.25, 0.3) is 0 Å². The molecule has 0 aromatic heterocycles. The molecule has 55 heavy (non-hydrogen) atoms. The van der Waals surface area contributed by atoms with E-state index in [2.05, 4.69) is 28.2 Å². The Morgan fingerprint density at radius 1 is 0.727 bits per heavy atom. The van der Waals surface area contributed by atoms with Crippen LogP contribution in [0.3, 0.4) is 0 Å². The van der Waals surface area contributed by atoms with E-state index in [0.717, 1.165) is 19.3 Å². The minimum atomic E-state index is -1.30. The molecule has 0 spiro atoms. The van der Waals surface area contributed by atoms with Crippen LogP contribution in [0.15, 0.2) is 0 Å². The Labute approximate surface area is 328 Å². The van der Waals surface area contributed by atoms with Crippen LogP contribution < -0.4 is 27.0 Å². The maximum Gasteiger partial charge on any atom is 0.245 e. The first-order chi connectivity index (χ1) is 26.2. The molecule has 1 unspecified atom stereocenters. The maximum absolute atomic E-state index is 14.1. The Balaban J connectivity index is 1.65. The standard InChI is InChI=1S/C40H71N7O8/c1-25(2)22-30(24-48)43-38(53)35(28(5)49)45-37(52)33-18-13-21-46(33)39(54)27(4)42-36(51)32-17-10-12-20-47(32)40(55)31(16-9-11-19-41)44-34(50)23-26(3)29-14-7-6-8-15-29/h25-33,35,48-49H,6-24,41H2,1-5H3,(H,42,51)(H,43,53)(H,44,50)(H,45,52)/t26-,27-,28?,30-,31-,32-,33-,35-/m0/s1. The van der Waals surface area contributed by atoms with E-state index in [1.54, 1.807) is 11.8 Å². The molecule has 3 aliphatic rings. The molecule has 8 atom stereocenters. The molecular formula is C40H71N7O8. The third-order valence-electron chi connectivity index (χ3n) is 11.6. The van der Waals surface area contributed by atoms with E-state index in [0.29, 0.717) is 76.8 Å². The average Bonchev–Trinajstić information content (AvgIpc) is 3.66. The van der Waals surface area contributed by atoms with Crippen LogP contribution in [0.1, 0.15) is 131 Å². The van der Waals surface area contributed by atoms with Crippen molar-refractivity contribution in [3.8, 4) is 0 Å². The van der Waals surface area contributed by atoms with Gasteiger partial charge in [0.25, 0.3) is 0 Å². The Morgan fingerprint density at radius 2 is 1.33 bits per heavy atom. The number of aliphatic hydroxyl groups is 2. The Bertz CT molecular complexity index is 1280. The molecule has 1 saturated carbocycles. The first kappa shape index (κ1) is 46.1. The van der Waals surface area contributed by atoms with E-state index < -0.39 is 66.0 Å². The highest BCUT2D eigenvalue weighted by Gasteiger charge is 2.41. The zero-order valence-corrected chi connectivity index (χ0v) is 34.0. The number of nitrogens with one attached hydrogen (secondary N) is 4. The lowest BCUT2D eigenvalue weighted by Crippen LogP contribution is -2.61. The summed E-state index contributed by atoms with van der Waals surface area (Å²) in [6.07, 6.45) is 9.92. The molecule has 15 nitrogen and oxygen atoms in total. The van der Waals surface area contributed by atoms with Crippen LogP contribution in [0.2, 0.25) is 0 Å². The topological polar surface area (TPSA) is 224 Å². The molecule has 3 fully saturated rings. The summed E-state index contributed by atoms with van der Waals surface area (Å²) in [5.41, 5.74) is 5.74. The molecule has 0 aromatic rings. The van der Waals surface area contributed by atoms with Gasteiger partial charge in [0.15, 0.2) is 0 Å². The summed E-state index contributed by atoms with van der Waals surface area (Å²) in [5.74, 6) is -1.75. The second-order valence-electron chi connectivity index (χ2n) is 16.7. The maximum atomic E-state index is 14.1. The van der Waals surface area contributed by atoms with Gasteiger partial charge in [0, 0.05) is 19.5 Å². The monoisotopic (exact) mass is 778 g/mol. The fourth-order valence-corrected chi connectivity index (χ4v) is 8.45. The molecule has 2 saturated heterocycles. The summed E-state index contributed by atoms with van der Waals surface area (Å²) >= 11 is 0. The van der Waals surface area contributed by atoms with Crippen molar-refractivity contribution in [2.75, 3.05) is 26.2 Å². The molecule has 2 aliphatic heterocycles. The lowest BCUT2D eigenvalue weighted by atomic mass is 9.79. The van der Waals surface area contributed by atoms with Crippen LogP contribution in [-0.4, -0.2) is 124 Å². The number of nitrogens with zero attached hydrogens (tertiary/aromatic N) is 2. The first-order valence-corrected chi connectivity index (χ1v) is 21.0. The van der Waals surface area contributed by atoms with Crippen molar-refractivity contribution in [2.45, 2.75) is 173 Å². The number of piperidine rings is 1. The van der Waals surface area contributed by atoms with Gasteiger partial charge in [-0.3, -0.25) is 28.8 Å². The van der Waals surface area contributed by atoms with Crippen molar-refractivity contribution in [3.05, 3.63) is 0 Å². The third-order valence-corrected chi connectivity index (χ3v) is 11.6. The van der Waals surface area contributed by atoms with Crippen molar-refractivity contribution in [1.29, 1.82) is 0 Å². The summed E-state index contributed by atoms with van der Waals surface area (Å²) in [4.78, 5) is 84.4. The van der Waals surface area contributed by atoms with Gasteiger partial charge in [-0.1, -0.05) is 52.9 Å². The van der Waals surface area contributed by atoms with E-state index in [1.807, 2.05) is 13.8 Å². The molecule has 8 N–H and O–H groups in total. The lowest BCUT2D eigenvalue weighted by molar-refractivity contribution is -0.147. The number of likely N-dealkylation sites (tertiary alicyclic amines) is 2. The summed E-state index contributed by atoms with van der Waals surface area (Å²) in [6.45, 7) is 9.72.